The lowest BCUT2D eigenvalue weighted by atomic mass is 9.93. The molecule has 1 fully saturated rings. The normalized spacial score (nSPS) is 16.5. The van der Waals surface area contributed by atoms with Gasteiger partial charge in [0.15, 0.2) is 11.6 Å². The quantitative estimate of drug-likeness (QED) is 0.511. The molecule has 0 unspecified atom stereocenters. The van der Waals surface area contributed by atoms with E-state index in [4.69, 9.17) is 0 Å². The molecule has 3 aromatic rings. The van der Waals surface area contributed by atoms with Gasteiger partial charge in [-0.1, -0.05) is 0 Å². The molecular weight excluding hydrogens is 394 g/mol. The Morgan fingerprint density at radius 3 is 2.60 bits per heavy atom. The Balaban J connectivity index is 1.49. The van der Waals surface area contributed by atoms with Crippen LogP contribution in [0, 0.1) is 21.7 Å². The minimum atomic E-state index is -1.05. The van der Waals surface area contributed by atoms with E-state index in [1.807, 2.05) is 6.07 Å². The van der Waals surface area contributed by atoms with Crippen molar-refractivity contribution in [3.63, 3.8) is 0 Å². The van der Waals surface area contributed by atoms with Crippen LogP contribution in [-0.2, 0) is 0 Å². The van der Waals surface area contributed by atoms with Crippen molar-refractivity contribution in [1.82, 2.24) is 15.1 Å². The average Bonchev–Trinajstić information content (AvgIpc) is 3.26. The molecule has 0 bridgehead atoms. The van der Waals surface area contributed by atoms with Gasteiger partial charge < -0.3 is 4.90 Å². The minimum absolute atomic E-state index is 0.00757. The first kappa shape index (κ1) is 19.7. The Hall–Kier alpha value is -3.62. The van der Waals surface area contributed by atoms with Gasteiger partial charge in [0.2, 0.25) is 0 Å². The molecule has 1 aromatic heterocycles. The molecule has 1 aliphatic rings. The van der Waals surface area contributed by atoms with Gasteiger partial charge in [0.1, 0.15) is 0 Å². The third-order valence-corrected chi connectivity index (χ3v) is 5.29. The molecule has 1 saturated heterocycles. The Kier molecular flexibility index (Phi) is 5.26. The maximum Gasteiger partial charge on any atom is 0.269 e. The molecule has 1 amide bonds. The zero-order chi connectivity index (χ0) is 21.3. The molecule has 2 heterocycles. The standard InChI is InChI=1S/C21H18F2N4O3/c22-17-8-5-14(10-18(17)23)21(28)26-9-1-2-15(12-26)20-11-19(24-25-20)13-3-6-16(7-4-13)27(29)30/h3-8,10-11,15H,1-2,9,12H2,(H,24,25)/t15-/m0/s1. The number of carbonyl (C=O) groups is 1. The number of nitrogens with one attached hydrogen (secondary N) is 1. The van der Waals surface area contributed by atoms with E-state index in [2.05, 4.69) is 10.2 Å². The molecule has 2 aromatic carbocycles. The predicted molar refractivity (Wildman–Crippen MR) is 105 cm³/mol. The van der Waals surface area contributed by atoms with E-state index in [1.54, 1.807) is 17.0 Å². The summed E-state index contributed by atoms with van der Waals surface area (Å²) >= 11 is 0. The second-order valence-electron chi connectivity index (χ2n) is 7.23. The van der Waals surface area contributed by atoms with E-state index >= 15 is 0 Å². The largest absolute Gasteiger partial charge is 0.338 e. The smallest absolute Gasteiger partial charge is 0.269 e. The predicted octanol–water partition coefficient (Wildman–Crippen LogP) is 4.28. The Bertz CT molecular complexity index is 1100. The fourth-order valence-electron chi connectivity index (χ4n) is 3.67. The average molecular weight is 412 g/mol. The second kappa shape index (κ2) is 8.02. The van der Waals surface area contributed by atoms with Crippen LogP contribution in [0.15, 0.2) is 48.5 Å². The number of rotatable bonds is 4. The van der Waals surface area contributed by atoms with E-state index in [1.165, 1.54) is 18.2 Å². The lowest BCUT2D eigenvalue weighted by Crippen LogP contribution is -2.39. The summed E-state index contributed by atoms with van der Waals surface area (Å²) in [6.07, 6.45) is 1.62. The van der Waals surface area contributed by atoms with Crippen molar-refractivity contribution in [2.45, 2.75) is 18.8 Å². The first-order valence-corrected chi connectivity index (χ1v) is 9.47. The number of nitrogens with zero attached hydrogens (tertiary/aromatic N) is 3. The zero-order valence-corrected chi connectivity index (χ0v) is 15.8. The minimum Gasteiger partial charge on any atom is -0.338 e. The van der Waals surface area contributed by atoms with Gasteiger partial charge in [-0.2, -0.15) is 5.10 Å². The zero-order valence-electron chi connectivity index (χ0n) is 15.8. The van der Waals surface area contributed by atoms with Crippen molar-refractivity contribution in [2.75, 3.05) is 13.1 Å². The van der Waals surface area contributed by atoms with Crippen LogP contribution >= 0.6 is 0 Å². The molecule has 0 saturated carbocycles. The number of hydrogen-bond acceptors (Lipinski definition) is 4. The van der Waals surface area contributed by atoms with Gasteiger partial charge in [0.05, 0.1) is 10.6 Å². The first-order chi connectivity index (χ1) is 14.4. The van der Waals surface area contributed by atoms with Crippen molar-refractivity contribution in [2.24, 2.45) is 0 Å². The molecule has 1 N–H and O–H groups in total. The summed E-state index contributed by atoms with van der Waals surface area (Å²) in [7, 11) is 0. The topological polar surface area (TPSA) is 92.1 Å². The number of aromatic nitrogens is 2. The molecule has 0 aliphatic carbocycles. The van der Waals surface area contributed by atoms with Gasteiger partial charge in [0.25, 0.3) is 11.6 Å². The van der Waals surface area contributed by atoms with Crippen molar-refractivity contribution in [3.05, 3.63) is 81.5 Å². The molecule has 9 heteroatoms. The highest BCUT2D eigenvalue weighted by Gasteiger charge is 2.27. The third kappa shape index (κ3) is 3.91. The van der Waals surface area contributed by atoms with Gasteiger partial charge in [-0.05, 0) is 49.2 Å². The van der Waals surface area contributed by atoms with Gasteiger partial charge in [-0.25, -0.2) is 8.78 Å². The van der Waals surface area contributed by atoms with Crippen LogP contribution in [0.4, 0.5) is 14.5 Å². The number of non-ortho nitro benzene ring substituents is 1. The van der Waals surface area contributed by atoms with Crippen LogP contribution in [0.1, 0.15) is 34.8 Å². The summed E-state index contributed by atoms with van der Waals surface area (Å²) in [4.78, 5) is 24.7. The van der Waals surface area contributed by atoms with E-state index in [0.29, 0.717) is 18.8 Å². The number of H-pyrrole nitrogens is 1. The maximum atomic E-state index is 13.5. The number of carbonyl (C=O) groups excluding carboxylic acids is 1. The highest BCUT2D eigenvalue weighted by molar-refractivity contribution is 5.94. The number of likely N-dealkylation sites (tertiary alicyclic amines) is 1. The van der Waals surface area contributed by atoms with E-state index < -0.39 is 16.6 Å². The molecule has 4 rings (SSSR count). The lowest BCUT2D eigenvalue weighted by Gasteiger charge is -2.32. The summed E-state index contributed by atoms with van der Waals surface area (Å²) in [5, 5.41) is 18.1. The molecule has 0 radical (unpaired) electrons. The number of nitro benzene ring substituents is 1. The summed E-state index contributed by atoms with van der Waals surface area (Å²) in [6, 6.07) is 11.2. The van der Waals surface area contributed by atoms with Gasteiger partial charge >= 0.3 is 0 Å². The van der Waals surface area contributed by atoms with Crippen LogP contribution in [-0.4, -0.2) is 39.0 Å². The fraction of sp³-hybridized carbons (Fsp3) is 0.238. The number of nitro groups is 1. The molecular formula is C21H18F2N4O3. The second-order valence-corrected chi connectivity index (χ2v) is 7.23. The SMILES string of the molecule is O=C(c1ccc(F)c(F)c1)N1CCC[C@H](c2cc(-c3ccc([N+](=O)[O-])cc3)n[nH]2)C1. The monoisotopic (exact) mass is 412 g/mol. The molecule has 1 atom stereocenters. The first-order valence-electron chi connectivity index (χ1n) is 9.47. The number of piperidine rings is 1. The summed E-state index contributed by atoms with van der Waals surface area (Å²) in [5.74, 6) is -2.35. The van der Waals surface area contributed by atoms with Crippen LogP contribution in [0.3, 0.4) is 0 Å². The molecule has 0 spiro atoms. The molecule has 1 aliphatic heterocycles. The van der Waals surface area contributed by atoms with Crippen LogP contribution < -0.4 is 0 Å². The molecule has 7 nitrogen and oxygen atoms in total. The van der Waals surface area contributed by atoms with Crippen molar-refractivity contribution in [3.8, 4) is 11.3 Å². The van der Waals surface area contributed by atoms with Crippen LogP contribution in [0.2, 0.25) is 0 Å². The molecule has 30 heavy (non-hydrogen) atoms. The van der Waals surface area contributed by atoms with Crippen molar-refractivity contribution < 1.29 is 18.5 Å². The van der Waals surface area contributed by atoms with Crippen molar-refractivity contribution in [1.29, 1.82) is 0 Å². The van der Waals surface area contributed by atoms with Crippen LogP contribution in [0.5, 0.6) is 0 Å². The summed E-state index contributed by atoms with van der Waals surface area (Å²) < 4.78 is 26.6. The number of halogens is 2. The number of aromatic amines is 1. The number of benzene rings is 2. The number of amides is 1. The molecule has 154 valence electrons. The van der Waals surface area contributed by atoms with E-state index in [-0.39, 0.29) is 23.1 Å². The Labute approximate surface area is 170 Å². The van der Waals surface area contributed by atoms with Gasteiger partial charge in [0, 0.05) is 48.0 Å². The highest BCUT2D eigenvalue weighted by Crippen LogP contribution is 2.30. The van der Waals surface area contributed by atoms with Crippen LogP contribution in [0.25, 0.3) is 11.3 Å². The highest BCUT2D eigenvalue weighted by atomic mass is 19.2. The summed E-state index contributed by atoms with van der Waals surface area (Å²) in [5.41, 5.74) is 2.38. The third-order valence-electron chi connectivity index (χ3n) is 5.29. The Morgan fingerprint density at radius 1 is 1.13 bits per heavy atom. The lowest BCUT2D eigenvalue weighted by molar-refractivity contribution is -0.384. The number of hydrogen-bond donors (Lipinski definition) is 1. The van der Waals surface area contributed by atoms with E-state index in [0.717, 1.165) is 36.2 Å². The summed E-state index contributed by atoms with van der Waals surface area (Å²) in [6.45, 7) is 0.970. The maximum absolute atomic E-state index is 13.5. The van der Waals surface area contributed by atoms with Crippen molar-refractivity contribution >= 4 is 11.6 Å². The van der Waals surface area contributed by atoms with Gasteiger partial charge in [-0.3, -0.25) is 20.0 Å². The Morgan fingerprint density at radius 2 is 1.90 bits per heavy atom. The van der Waals surface area contributed by atoms with E-state index in [9.17, 15) is 23.7 Å². The van der Waals surface area contributed by atoms with Gasteiger partial charge in [-0.15, -0.1) is 0 Å². The fourth-order valence-corrected chi connectivity index (χ4v) is 3.67.